The summed E-state index contributed by atoms with van der Waals surface area (Å²) < 4.78 is 17.6. The van der Waals surface area contributed by atoms with E-state index in [1.54, 1.807) is 18.3 Å². The van der Waals surface area contributed by atoms with Gasteiger partial charge in [0.05, 0.1) is 36.4 Å². The number of ether oxygens (including phenoxy) is 3. The lowest BCUT2D eigenvalue weighted by Gasteiger charge is -2.32. The molecule has 0 aromatic heterocycles. The largest absolute Gasteiger partial charge is 0.487 e. The van der Waals surface area contributed by atoms with Crippen LogP contribution in [-0.2, 0) is 9.47 Å². The highest BCUT2D eigenvalue weighted by Crippen LogP contribution is 2.26. The predicted octanol–water partition coefficient (Wildman–Crippen LogP) is 6.17. The van der Waals surface area contributed by atoms with Crippen LogP contribution in [0.3, 0.4) is 0 Å². The van der Waals surface area contributed by atoms with E-state index >= 15 is 0 Å². The number of nitrogens with two attached hydrogens (primary N) is 2. The van der Waals surface area contributed by atoms with Gasteiger partial charge in [0.15, 0.2) is 6.23 Å². The van der Waals surface area contributed by atoms with Gasteiger partial charge in [-0.15, -0.1) is 13.2 Å². The van der Waals surface area contributed by atoms with Crippen LogP contribution in [0.4, 0.5) is 0 Å². The van der Waals surface area contributed by atoms with Crippen LogP contribution in [0.2, 0.25) is 0 Å². The van der Waals surface area contributed by atoms with Crippen molar-refractivity contribution in [1.29, 1.82) is 5.26 Å². The molecule has 3 aliphatic rings. The van der Waals surface area contributed by atoms with Gasteiger partial charge in [-0.25, -0.2) is 5.43 Å². The zero-order chi connectivity index (χ0) is 38.9. The van der Waals surface area contributed by atoms with E-state index in [0.29, 0.717) is 60.9 Å². The smallest absolute Gasteiger partial charge is 0.166 e. The highest BCUT2D eigenvalue weighted by Gasteiger charge is 2.30. The van der Waals surface area contributed by atoms with Crippen LogP contribution >= 0.6 is 0 Å². The fourth-order valence-corrected chi connectivity index (χ4v) is 6.00. The number of hydrogen-bond acceptors (Lipinski definition) is 11. The first kappa shape index (κ1) is 46.1. The minimum Gasteiger partial charge on any atom is -0.487 e. The molecule has 4 atom stereocenters. The molecule has 1 aliphatic carbocycles. The number of likely N-dealkylation sites (N-methyl/N-ethyl adjacent to an activating group) is 1. The third-order valence-electron chi connectivity index (χ3n) is 8.39. The van der Waals surface area contributed by atoms with Crippen LogP contribution in [0.1, 0.15) is 98.1 Å². The highest BCUT2D eigenvalue weighted by molar-refractivity contribution is 6.09. The van der Waals surface area contributed by atoms with Gasteiger partial charge >= 0.3 is 0 Å². The van der Waals surface area contributed by atoms with Gasteiger partial charge < -0.3 is 40.9 Å². The van der Waals surface area contributed by atoms with Crippen molar-refractivity contribution in [2.75, 3.05) is 40.0 Å². The molecule has 1 aromatic rings. The fourth-order valence-electron chi connectivity index (χ4n) is 6.00. The molecule has 2 heterocycles. The van der Waals surface area contributed by atoms with Gasteiger partial charge in [0.1, 0.15) is 24.6 Å². The highest BCUT2D eigenvalue weighted by atomic mass is 16.5. The Morgan fingerprint density at radius 3 is 2.37 bits per heavy atom. The maximum Gasteiger partial charge on any atom is 0.166 e. The summed E-state index contributed by atoms with van der Waals surface area (Å²) in [5, 5.41) is 15.1. The van der Waals surface area contributed by atoms with E-state index in [9.17, 15) is 5.26 Å². The van der Waals surface area contributed by atoms with Gasteiger partial charge in [-0.3, -0.25) is 9.98 Å². The molecule has 1 aromatic carbocycles. The summed E-state index contributed by atoms with van der Waals surface area (Å²) in [6.45, 7) is 24.1. The Hall–Kier alpha value is -3.89. The number of aliphatic imine (C=N–C) groups is 2. The van der Waals surface area contributed by atoms with Gasteiger partial charge in [-0.05, 0) is 70.7 Å². The third-order valence-corrected chi connectivity index (χ3v) is 8.39. The molecule has 1 saturated heterocycles. The van der Waals surface area contributed by atoms with Crippen LogP contribution in [0, 0.1) is 17.2 Å². The maximum atomic E-state index is 9.50. The minimum atomic E-state index is -0.243. The summed E-state index contributed by atoms with van der Waals surface area (Å²) in [6.07, 6.45) is 14.2. The van der Waals surface area contributed by atoms with E-state index in [-0.39, 0.29) is 12.3 Å². The number of benzene rings is 1. The van der Waals surface area contributed by atoms with Crippen LogP contribution in [-0.4, -0.2) is 93.0 Å². The summed E-state index contributed by atoms with van der Waals surface area (Å²) >= 11 is 0. The van der Waals surface area contributed by atoms with Crippen LogP contribution in [0.15, 0.2) is 59.4 Å². The van der Waals surface area contributed by atoms with Crippen molar-refractivity contribution >= 4 is 18.1 Å². The lowest BCUT2D eigenvalue weighted by Crippen LogP contribution is -2.45. The van der Waals surface area contributed by atoms with Crippen molar-refractivity contribution in [2.45, 2.75) is 118 Å². The number of allylic oxidation sites excluding steroid dienone is 1. The van der Waals surface area contributed by atoms with E-state index in [1.807, 2.05) is 26.8 Å². The van der Waals surface area contributed by atoms with Crippen molar-refractivity contribution in [1.82, 2.24) is 20.7 Å². The lowest BCUT2D eigenvalue weighted by molar-refractivity contribution is -0.0602. The zero-order valence-electron chi connectivity index (χ0n) is 33.3. The molecule has 0 amide bonds. The summed E-state index contributed by atoms with van der Waals surface area (Å²) in [5.41, 5.74) is 17.7. The zero-order valence-corrected chi connectivity index (χ0v) is 33.3. The van der Waals surface area contributed by atoms with Crippen molar-refractivity contribution in [3.63, 3.8) is 0 Å². The summed E-state index contributed by atoms with van der Waals surface area (Å²) in [4.78, 5) is 10.9. The van der Waals surface area contributed by atoms with E-state index in [1.165, 1.54) is 44.6 Å². The molecule has 52 heavy (non-hydrogen) atoms. The Bertz CT molecular complexity index is 1260. The molecule has 1 saturated carbocycles. The molecule has 12 nitrogen and oxygen atoms in total. The SMILES string of the molecule is C=C.CC.CC(C)CCOC1NN(C2CCCCC2)C=C1NC/N=C\C(=C/N)c1ccc(C#N)c(O[C@@H](C)CN=CN)c1.CC1CN(C)CC(C)O1. The number of nitriles is 1. The molecular weight excluding hydrogens is 654 g/mol. The standard InChI is InChI=1S/C29H44N8O2.C7H15NO.C2H6.C2H4/c1-21(2)11-12-38-29-27(18-37(36-29)26-7-5-4-6-8-26)35-20-34-17-25(15-31)23-9-10-24(14-30)28(13-23)39-22(3)16-33-19-32;1-6-4-8(3)5-7(2)9-6;2*1-2/h9-10,13,15,17-19,21-22,26,29,35-36H,4-8,11-12,16,20,31H2,1-3H3,(H2,32,33);6-7H,4-5H2,1-3H3;1-2H3;1-2H2/b25-15+,34-17-;;;/t22-,29?;;;/m0.../s1. The number of nitrogens with one attached hydrogen (secondary N) is 2. The maximum absolute atomic E-state index is 9.50. The minimum absolute atomic E-state index is 0.214. The summed E-state index contributed by atoms with van der Waals surface area (Å²) in [7, 11) is 2.13. The molecule has 2 aliphatic heterocycles. The second kappa shape index (κ2) is 26.8. The first-order valence-corrected chi connectivity index (χ1v) is 18.9. The number of morpholine rings is 1. The molecule has 12 heteroatoms. The van der Waals surface area contributed by atoms with Crippen molar-refractivity contribution in [2.24, 2.45) is 27.4 Å². The quantitative estimate of drug-likeness (QED) is 0.0994. The Morgan fingerprint density at radius 2 is 1.79 bits per heavy atom. The van der Waals surface area contributed by atoms with Gasteiger partial charge in [-0.1, -0.05) is 53.0 Å². The Balaban J connectivity index is 0.000000885. The average molecular weight is 724 g/mol. The van der Waals surface area contributed by atoms with Crippen LogP contribution < -0.4 is 26.9 Å². The Morgan fingerprint density at radius 1 is 1.12 bits per heavy atom. The third kappa shape index (κ3) is 17.1. The fraction of sp³-hybridized carbons (Fsp3) is 0.625. The first-order chi connectivity index (χ1) is 25.1. The summed E-state index contributed by atoms with van der Waals surface area (Å²) in [6, 6.07) is 7.99. The number of nitrogens with zero attached hydrogens (tertiary/aromatic N) is 5. The molecular formula is C40H69N9O3. The van der Waals surface area contributed by atoms with E-state index in [2.05, 4.69) is 90.8 Å². The molecule has 292 valence electrons. The second-order valence-electron chi connectivity index (χ2n) is 13.4. The van der Waals surface area contributed by atoms with Crippen molar-refractivity contribution in [3.8, 4) is 11.8 Å². The van der Waals surface area contributed by atoms with E-state index < -0.39 is 0 Å². The summed E-state index contributed by atoms with van der Waals surface area (Å²) in [5.74, 6) is 1.05. The molecule has 3 unspecified atom stereocenters. The van der Waals surface area contributed by atoms with Gasteiger partial charge in [0.25, 0.3) is 0 Å². The molecule has 6 N–H and O–H groups in total. The van der Waals surface area contributed by atoms with Gasteiger partial charge in [0, 0.05) is 49.9 Å². The Kier molecular flexibility index (Phi) is 23.8. The molecule has 0 radical (unpaired) electrons. The monoisotopic (exact) mass is 724 g/mol. The Labute approximate surface area is 315 Å². The van der Waals surface area contributed by atoms with E-state index in [4.69, 9.17) is 25.7 Å². The van der Waals surface area contributed by atoms with E-state index in [0.717, 1.165) is 30.8 Å². The molecule has 0 spiro atoms. The lowest BCUT2D eigenvalue weighted by atomic mass is 9.95. The predicted molar refractivity (Wildman–Crippen MR) is 217 cm³/mol. The van der Waals surface area contributed by atoms with Crippen molar-refractivity contribution in [3.05, 3.63) is 60.6 Å². The number of rotatable bonds is 14. The van der Waals surface area contributed by atoms with Crippen molar-refractivity contribution < 1.29 is 14.2 Å². The molecule has 2 fully saturated rings. The molecule has 4 rings (SSSR count). The normalized spacial score (nSPS) is 21.6. The first-order valence-electron chi connectivity index (χ1n) is 18.9. The second-order valence-corrected chi connectivity index (χ2v) is 13.4. The number of hydrazine groups is 1. The van der Waals surface area contributed by atoms with Crippen LogP contribution in [0.5, 0.6) is 5.75 Å². The topological polar surface area (TPSA) is 159 Å². The van der Waals surface area contributed by atoms with Crippen LogP contribution in [0.25, 0.3) is 5.57 Å². The van der Waals surface area contributed by atoms with Gasteiger partial charge in [0.2, 0.25) is 0 Å². The average Bonchev–Trinajstić information content (AvgIpc) is 3.55. The number of hydrogen-bond donors (Lipinski definition) is 4. The molecule has 0 bridgehead atoms. The van der Waals surface area contributed by atoms with Gasteiger partial charge in [-0.2, -0.15) is 5.26 Å².